The van der Waals surface area contributed by atoms with Crippen molar-refractivity contribution in [2.24, 2.45) is 0 Å². The number of carbonyl (C=O) groups excluding carboxylic acids is 1. The second-order valence-electron chi connectivity index (χ2n) is 6.58. The molecule has 1 N–H and O–H groups in total. The van der Waals surface area contributed by atoms with Crippen LogP contribution in [0.15, 0.2) is 52.4 Å². The van der Waals surface area contributed by atoms with E-state index in [1.54, 1.807) is 22.8 Å². The number of nitrogens with one attached hydrogen (secondary N) is 1. The van der Waals surface area contributed by atoms with Gasteiger partial charge in [0.1, 0.15) is 5.02 Å². The van der Waals surface area contributed by atoms with Gasteiger partial charge in [0.2, 0.25) is 5.91 Å². The molecule has 1 amide bonds. The van der Waals surface area contributed by atoms with E-state index in [2.05, 4.69) is 10.3 Å². The van der Waals surface area contributed by atoms with Gasteiger partial charge < -0.3 is 5.32 Å². The molecule has 0 atom stereocenters. The van der Waals surface area contributed by atoms with Gasteiger partial charge in [0.05, 0.1) is 21.6 Å². The number of nitro groups is 1. The molecule has 0 unspecified atom stereocenters. The standard InChI is InChI=1S/C19H15ClN4O4S/c20-14-8-5-11(9-16(14)24(27)28)21-17(25)10-29-19-22-15-4-2-1-3-13(15)18(26)23(19)12-6-7-12/h1-5,8-9,12H,6-7,10H2,(H,21,25). The Morgan fingerprint density at radius 2 is 2.07 bits per heavy atom. The molecule has 1 aromatic heterocycles. The number of thioether (sulfide) groups is 1. The molecule has 1 saturated carbocycles. The summed E-state index contributed by atoms with van der Waals surface area (Å²) in [6.07, 6.45) is 1.82. The number of hydrogen-bond acceptors (Lipinski definition) is 6. The molecule has 0 aliphatic heterocycles. The van der Waals surface area contributed by atoms with Crippen LogP contribution in [0.5, 0.6) is 0 Å². The molecule has 0 radical (unpaired) electrons. The maximum Gasteiger partial charge on any atom is 0.289 e. The highest BCUT2D eigenvalue weighted by molar-refractivity contribution is 7.99. The third kappa shape index (κ3) is 4.10. The summed E-state index contributed by atoms with van der Waals surface area (Å²) >= 11 is 6.95. The van der Waals surface area contributed by atoms with Crippen molar-refractivity contribution in [1.82, 2.24) is 9.55 Å². The van der Waals surface area contributed by atoms with Crippen molar-refractivity contribution in [3.05, 3.63) is 68.0 Å². The predicted molar refractivity (Wildman–Crippen MR) is 112 cm³/mol. The Labute approximate surface area is 174 Å². The molecule has 1 aliphatic rings. The number of nitro benzene ring substituents is 1. The zero-order valence-electron chi connectivity index (χ0n) is 15.0. The van der Waals surface area contributed by atoms with E-state index in [1.807, 2.05) is 6.07 Å². The second kappa shape index (κ2) is 7.84. The highest BCUT2D eigenvalue weighted by atomic mass is 35.5. The van der Waals surface area contributed by atoms with Crippen LogP contribution < -0.4 is 10.9 Å². The summed E-state index contributed by atoms with van der Waals surface area (Å²) in [5, 5.41) is 14.6. The first kappa shape index (κ1) is 19.4. The Morgan fingerprint density at radius 3 is 2.79 bits per heavy atom. The molecular weight excluding hydrogens is 416 g/mol. The van der Waals surface area contributed by atoms with Gasteiger partial charge in [-0.15, -0.1) is 0 Å². The third-order valence-electron chi connectivity index (χ3n) is 4.45. The average Bonchev–Trinajstić information content (AvgIpc) is 3.53. The number of carbonyl (C=O) groups is 1. The minimum absolute atomic E-state index is 0.00353. The first-order valence-electron chi connectivity index (χ1n) is 8.82. The van der Waals surface area contributed by atoms with Crippen LogP contribution in [0.25, 0.3) is 10.9 Å². The lowest BCUT2D eigenvalue weighted by atomic mass is 10.2. The van der Waals surface area contributed by atoms with Crippen LogP contribution >= 0.6 is 23.4 Å². The topological polar surface area (TPSA) is 107 Å². The largest absolute Gasteiger partial charge is 0.325 e. The van der Waals surface area contributed by atoms with Gasteiger partial charge in [-0.25, -0.2) is 4.98 Å². The number of amides is 1. The van der Waals surface area contributed by atoms with E-state index in [0.717, 1.165) is 12.8 Å². The van der Waals surface area contributed by atoms with Crippen molar-refractivity contribution in [1.29, 1.82) is 0 Å². The Bertz CT molecular complexity index is 1190. The van der Waals surface area contributed by atoms with Crippen molar-refractivity contribution in [3.63, 3.8) is 0 Å². The summed E-state index contributed by atoms with van der Waals surface area (Å²) in [4.78, 5) is 40.1. The summed E-state index contributed by atoms with van der Waals surface area (Å²) in [7, 11) is 0. The quantitative estimate of drug-likeness (QED) is 0.274. The van der Waals surface area contributed by atoms with Crippen LogP contribution in [0.2, 0.25) is 5.02 Å². The molecule has 1 heterocycles. The molecule has 8 nitrogen and oxygen atoms in total. The van der Waals surface area contributed by atoms with E-state index in [1.165, 1.54) is 30.0 Å². The molecular formula is C19H15ClN4O4S. The Kier molecular flexibility index (Phi) is 5.25. The number of para-hydroxylation sites is 1. The van der Waals surface area contributed by atoms with E-state index in [-0.39, 0.29) is 39.7 Å². The lowest BCUT2D eigenvalue weighted by molar-refractivity contribution is -0.384. The third-order valence-corrected chi connectivity index (χ3v) is 5.72. The number of halogens is 1. The van der Waals surface area contributed by atoms with E-state index in [4.69, 9.17) is 11.6 Å². The highest BCUT2D eigenvalue weighted by Gasteiger charge is 2.28. The fourth-order valence-corrected chi connectivity index (χ4v) is 3.99. The fraction of sp³-hybridized carbons (Fsp3) is 0.211. The van der Waals surface area contributed by atoms with Crippen LogP contribution in [0, 0.1) is 10.1 Å². The molecule has 1 aliphatic carbocycles. The molecule has 4 rings (SSSR count). The Hall–Kier alpha value is -2.91. The average molecular weight is 431 g/mol. The molecule has 29 heavy (non-hydrogen) atoms. The maximum atomic E-state index is 12.8. The summed E-state index contributed by atoms with van der Waals surface area (Å²) in [6, 6.07) is 11.3. The number of hydrogen-bond donors (Lipinski definition) is 1. The van der Waals surface area contributed by atoms with Crippen molar-refractivity contribution < 1.29 is 9.72 Å². The number of nitrogens with zero attached hydrogens (tertiary/aromatic N) is 3. The van der Waals surface area contributed by atoms with E-state index in [9.17, 15) is 19.7 Å². The monoisotopic (exact) mass is 430 g/mol. The van der Waals surface area contributed by atoms with Crippen LogP contribution in [0.4, 0.5) is 11.4 Å². The first-order chi connectivity index (χ1) is 13.9. The van der Waals surface area contributed by atoms with Gasteiger partial charge in [-0.2, -0.15) is 0 Å². The van der Waals surface area contributed by atoms with Gasteiger partial charge in [-0.05, 0) is 37.1 Å². The summed E-state index contributed by atoms with van der Waals surface area (Å²) in [5.41, 5.74) is 0.480. The van der Waals surface area contributed by atoms with E-state index >= 15 is 0 Å². The Balaban J connectivity index is 1.53. The van der Waals surface area contributed by atoms with E-state index < -0.39 is 4.92 Å². The number of benzene rings is 2. The van der Waals surface area contributed by atoms with Crippen molar-refractivity contribution in [2.75, 3.05) is 11.1 Å². The van der Waals surface area contributed by atoms with Crippen molar-refractivity contribution in [3.8, 4) is 0 Å². The van der Waals surface area contributed by atoms with Gasteiger partial charge in [0.25, 0.3) is 11.2 Å². The summed E-state index contributed by atoms with van der Waals surface area (Å²) in [5.74, 6) is -0.357. The minimum Gasteiger partial charge on any atom is -0.325 e. The smallest absolute Gasteiger partial charge is 0.289 e. The minimum atomic E-state index is -0.611. The van der Waals surface area contributed by atoms with Gasteiger partial charge in [0, 0.05) is 17.8 Å². The first-order valence-corrected chi connectivity index (χ1v) is 10.2. The van der Waals surface area contributed by atoms with Gasteiger partial charge in [-0.3, -0.25) is 24.3 Å². The number of fused-ring (bicyclic) bond motifs is 1. The molecule has 3 aromatic rings. The molecule has 148 valence electrons. The van der Waals surface area contributed by atoms with Crippen molar-refractivity contribution in [2.45, 2.75) is 24.0 Å². The molecule has 2 aromatic carbocycles. The van der Waals surface area contributed by atoms with Crippen LogP contribution in [-0.4, -0.2) is 26.1 Å². The highest BCUT2D eigenvalue weighted by Crippen LogP contribution is 2.37. The summed E-state index contributed by atoms with van der Waals surface area (Å²) in [6.45, 7) is 0. The van der Waals surface area contributed by atoms with Gasteiger partial charge in [-0.1, -0.05) is 35.5 Å². The number of rotatable bonds is 6. The second-order valence-corrected chi connectivity index (χ2v) is 7.93. The predicted octanol–water partition coefficient (Wildman–Crippen LogP) is 4.02. The molecule has 0 saturated heterocycles. The zero-order valence-corrected chi connectivity index (χ0v) is 16.6. The van der Waals surface area contributed by atoms with Gasteiger partial charge >= 0.3 is 0 Å². The van der Waals surface area contributed by atoms with Crippen LogP contribution in [-0.2, 0) is 4.79 Å². The molecule has 10 heteroatoms. The SMILES string of the molecule is O=C(CSc1nc2ccccc2c(=O)n1C1CC1)Nc1ccc(Cl)c([N+](=O)[O-])c1. The van der Waals surface area contributed by atoms with Crippen molar-refractivity contribution >= 4 is 51.5 Å². The number of anilines is 1. The molecule has 1 fully saturated rings. The van der Waals surface area contributed by atoms with Crippen LogP contribution in [0.1, 0.15) is 18.9 Å². The maximum absolute atomic E-state index is 12.8. The van der Waals surface area contributed by atoms with Gasteiger partial charge in [0.15, 0.2) is 5.16 Å². The normalized spacial score (nSPS) is 13.4. The lowest BCUT2D eigenvalue weighted by Gasteiger charge is -2.12. The van der Waals surface area contributed by atoms with Crippen LogP contribution in [0.3, 0.4) is 0 Å². The molecule has 0 bridgehead atoms. The van der Waals surface area contributed by atoms with E-state index in [0.29, 0.717) is 16.1 Å². The summed E-state index contributed by atoms with van der Waals surface area (Å²) < 4.78 is 1.66. The lowest BCUT2D eigenvalue weighted by Crippen LogP contribution is -2.23. The Morgan fingerprint density at radius 1 is 1.31 bits per heavy atom. The molecule has 0 spiro atoms. The number of aromatic nitrogens is 2. The fourth-order valence-electron chi connectivity index (χ4n) is 2.94. The zero-order chi connectivity index (χ0) is 20.5.